The van der Waals surface area contributed by atoms with Crippen LogP contribution in [0.1, 0.15) is 31.4 Å². The molecule has 0 spiro atoms. The summed E-state index contributed by atoms with van der Waals surface area (Å²) in [7, 11) is 0. The number of hydrogen-bond acceptors (Lipinski definition) is 3. The van der Waals surface area contributed by atoms with E-state index in [4.69, 9.17) is 4.42 Å². The average Bonchev–Trinajstić information content (AvgIpc) is 3.02. The van der Waals surface area contributed by atoms with Crippen molar-refractivity contribution in [2.24, 2.45) is 0 Å². The van der Waals surface area contributed by atoms with Crippen LogP contribution in [-0.2, 0) is 4.79 Å². The second-order valence-corrected chi connectivity index (χ2v) is 6.45. The zero-order chi connectivity index (χ0) is 13.2. The van der Waals surface area contributed by atoms with E-state index in [1.165, 1.54) is 12.8 Å². The van der Waals surface area contributed by atoms with Gasteiger partial charge in [-0.25, -0.2) is 0 Å². The lowest BCUT2D eigenvalue weighted by molar-refractivity contribution is -0.129. The van der Waals surface area contributed by atoms with E-state index in [2.05, 4.69) is 11.2 Å². The molecule has 102 valence electrons. The standard InChI is InChI=1S/C15H19NO2S/c1-19-14-9-11-4-5-12(10-14)16(11)15(17)7-6-13-3-2-8-18-13/h2-3,6-8,11-12,14H,4-5,9-10H2,1H3. The Morgan fingerprint density at radius 1 is 1.42 bits per heavy atom. The van der Waals surface area contributed by atoms with Gasteiger partial charge in [0.05, 0.1) is 6.26 Å². The van der Waals surface area contributed by atoms with Crippen LogP contribution >= 0.6 is 11.8 Å². The molecule has 2 aliphatic rings. The minimum atomic E-state index is 0.142. The maximum atomic E-state index is 12.3. The molecule has 2 unspecified atom stereocenters. The van der Waals surface area contributed by atoms with Gasteiger partial charge in [0.2, 0.25) is 5.91 Å². The third kappa shape index (κ3) is 2.59. The Labute approximate surface area is 118 Å². The molecule has 1 aromatic rings. The largest absolute Gasteiger partial charge is 0.465 e. The molecule has 0 saturated carbocycles. The van der Waals surface area contributed by atoms with Crippen LogP contribution in [0.4, 0.5) is 0 Å². The lowest BCUT2D eigenvalue weighted by atomic mass is 10.0. The minimum absolute atomic E-state index is 0.142. The monoisotopic (exact) mass is 277 g/mol. The van der Waals surface area contributed by atoms with Crippen LogP contribution in [0.25, 0.3) is 6.08 Å². The number of rotatable bonds is 3. The Hall–Kier alpha value is -1.16. The fraction of sp³-hybridized carbons (Fsp3) is 0.533. The van der Waals surface area contributed by atoms with Gasteiger partial charge in [-0.05, 0) is 50.1 Å². The summed E-state index contributed by atoms with van der Waals surface area (Å²) < 4.78 is 5.21. The highest BCUT2D eigenvalue weighted by atomic mass is 32.2. The van der Waals surface area contributed by atoms with Crippen molar-refractivity contribution in [3.8, 4) is 0 Å². The van der Waals surface area contributed by atoms with Gasteiger partial charge >= 0.3 is 0 Å². The molecule has 3 rings (SSSR count). The number of nitrogens with zero attached hydrogens (tertiary/aromatic N) is 1. The maximum Gasteiger partial charge on any atom is 0.247 e. The summed E-state index contributed by atoms with van der Waals surface area (Å²) in [6.07, 6.45) is 11.9. The number of hydrogen-bond donors (Lipinski definition) is 0. The Kier molecular flexibility index (Phi) is 3.69. The van der Waals surface area contributed by atoms with Gasteiger partial charge in [0, 0.05) is 23.4 Å². The van der Waals surface area contributed by atoms with Gasteiger partial charge in [0.1, 0.15) is 5.76 Å². The highest BCUT2D eigenvalue weighted by molar-refractivity contribution is 7.99. The van der Waals surface area contributed by atoms with Gasteiger partial charge in [0.15, 0.2) is 0 Å². The smallest absolute Gasteiger partial charge is 0.247 e. The van der Waals surface area contributed by atoms with Gasteiger partial charge in [-0.3, -0.25) is 4.79 Å². The molecule has 0 aliphatic carbocycles. The topological polar surface area (TPSA) is 33.5 Å². The fourth-order valence-electron chi connectivity index (χ4n) is 3.30. The quantitative estimate of drug-likeness (QED) is 0.796. The first-order valence-corrected chi connectivity index (χ1v) is 8.13. The lowest BCUT2D eigenvalue weighted by Crippen LogP contribution is -2.46. The van der Waals surface area contributed by atoms with Crippen LogP contribution in [-0.4, -0.2) is 34.4 Å². The Morgan fingerprint density at radius 3 is 2.74 bits per heavy atom. The summed E-state index contributed by atoms with van der Waals surface area (Å²) >= 11 is 1.95. The molecule has 0 N–H and O–H groups in total. The van der Waals surface area contributed by atoms with Crippen LogP contribution < -0.4 is 0 Å². The van der Waals surface area contributed by atoms with Crippen LogP contribution in [0.3, 0.4) is 0 Å². The van der Waals surface area contributed by atoms with Gasteiger partial charge < -0.3 is 9.32 Å². The SMILES string of the molecule is CSC1CC2CCC(C1)N2C(=O)C=Cc1ccco1. The molecule has 1 amide bonds. The number of thioether (sulfide) groups is 1. The summed E-state index contributed by atoms with van der Waals surface area (Å²) in [5.41, 5.74) is 0. The van der Waals surface area contributed by atoms with Crippen molar-refractivity contribution in [3.63, 3.8) is 0 Å². The Morgan fingerprint density at radius 2 is 2.16 bits per heavy atom. The molecule has 2 bridgehead atoms. The van der Waals surface area contributed by atoms with E-state index in [1.807, 2.05) is 23.9 Å². The molecule has 0 radical (unpaired) electrons. The average molecular weight is 277 g/mol. The van der Waals surface area contributed by atoms with Crippen LogP contribution in [0.15, 0.2) is 28.9 Å². The van der Waals surface area contributed by atoms with Crippen molar-refractivity contribution in [3.05, 3.63) is 30.2 Å². The van der Waals surface area contributed by atoms with E-state index in [0.29, 0.717) is 12.1 Å². The molecular weight excluding hydrogens is 258 g/mol. The van der Waals surface area contributed by atoms with Gasteiger partial charge in [-0.15, -0.1) is 0 Å². The second-order valence-electron chi connectivity index (χ2n) is 5.31. The number of amides is 1. The number of carbonyl (C=O) groups excluding carboxylic acids is 1. The van der Waals surface area contributed by atoms with Crippen LogP contribution in [0, 0.1) is 0 Å². The van der Waals surface area contributed by atoms with E-state index in [-0.39, 0.29) is 5.91 Å². The number of carbonyl (C=O) groups is 1. The fourth-order valence-corrected chi connectivity index (χ4v) is 4.13. The van der Waals surface area contributed by atoms with Gasteiger partial charge in [-0.2, -0.15) is 11.8 Å². The molecule has 3 nitrogen and oxygen atoms in total. The molecule has 2 atom stereocenters. The zero-order valence-corrected chi connectivity index (χ0v) is 11.9. The van der Waals surface area contributed by atoms with Crippen molar-refractivity contribution < 1.29 is 9.21 Å². The predicted octanol–water partition coefficient (Wildman–Crippen LogP) is 3.18. The van der Waals surface area contributed by atoms with E-state index >= 15 is 0 Å². The number of fused-ring (bicyclic) bond motifs is 2. The second kappa shape index (κ2) is 5.45. The van der Waals surface area contributed by atoms with Crippen molar-refractivity contribution >= 4 is 23.7 Å². The first-order chi connectivity index (χ1) is 9.28. The molecule has 2 saturated heterocycles. The highest BCUT2D eigenvalue weighted by Gasteiger charge is 2.42. The molecule has 2 fully saturated rings. The molecule has 4 heteroatoms. The minimum Gasteiger partial charge on any atom is -0.465 e. The van der Waals surface area contributed by atoms with Crippen molar-refractivity contribution in [1.29, 1.82) is 0 Å². The Balaban J connectivity index is 1.68. The normalized spacial score (nSPS) is 30.2. The summed E-state index contributed by atoms with van der Waals surface area (Å²) in [6, 6.07) is 4.59. The first kappa shape index (κ1) is 12.9. The summed E-state index contributed by atoms with van der Waals surface area (Å²) in [5, 5.41) is 0.732. The third-order valence-electron chi connectivity index (χ3n) is 4.21. The highest BCUT2D eigenvalue weighted by Crippen LogP contribution is 2.39. The van der Waals surface area contributed by atoms with Gasteiger partial charge in [-0.1, -0.05) is 0 Å². The summed E-state index contributed by atoms with van der Waals surface area (Å²) in [5.74, 6) is 0.878. The lowest BCUT2D eigenvalue weighted by Gasteiger charge is -2.37. The zero-order valence-electron chi connectivity index (χ0n) is 11.1. The summed E-state index contributed by atoms with van der Waals surface area (Å²) in [4.78, 5) is 14.4. The maximum absolute atomic E-state index is 12.3. The molecule has 19 heavy (non-hydrogen) atoms. The third-order valence-corrected chi connectivity index (χ3v) is 5.26. The van der Waals surface area contributed by atoms with Gasteiger partial charge in [0.25, 0.3) is 0 Å². The molecular formula is C15H19NO2S. The van der Waals surface area contributed by atoms with E-state index in [9.17, 15) is 4.79 Å². The van der Waals surface area contributed by atoms with Crippen molar-refractivity contribution in [1.82, 2.24) is 4.90 Å². The van der Waals surface area contributed by atoms with Crippen molar-refractivity contribution in [2.75, 3.05) is 6.26 Å². The van der Waals surface area contributed by atoms with E-state index in [0.717, 1.165) is 23.9 Å². The predicted molar refractivity (Wildman–Crippen MR) is 77.9 cm³/mol. The van der Waals surface area contributed by atoms with Crippen LogP contribution in [0.2, 0.25) is 0 Å². The van der Waals surface area contributed by atoms with E-state index < -0.39 is 0 Å². The van der Waals surface area contributed by atoms with Crippen molar-refractivity contribution in [2.45, 2.75) is 43.0 Å². The molecule has 2 aliphatic heterocycles. The molecule has 0 aromatic carbocycles. The number of piperidine rings is 1. The molecule has 1 aromatic heterocycles. The molecule has 3 heterocycles. The Bertz CT molecular complexity index is 454. The van der Waals surface area contributed by atoms with E-state index in [1.54, 1.807) is 18.4 Å². The summed E-state index contributed by atoms with van der Waals surface area (Å²) in [6.45, 7) is 0. The van der Waals surface area contributed by atoms with Crippen LogP contribution in [0.5, 0.6) is 0 Å². The first-order valence-electron chi connectivity index (χ1n) is 6.84. The number of furan rings is 1.